The van der Waals surface area contributed by atoms with E-state index in [9.17, 15) is 4.79 Å². The van der Waals surface area contributed by atoms with Gasteiger partial charge in [-0.15, -0.1) is 10.2 Å². The maximum atomic E-state index is 12.8. The molecule has 1 heterocycles. The number of nitrogens with zero attached hydrogens (tertiary/aromatic N) is 3. The largest absolute Gasteiger partial charge is 0.494 e. The van der Waals surface area contributed by atoms with Gasteiger partial charge in [0.1, 0.15) is 5.75 Å². The number of anilines is 1. The Bertz CT molecular complexity index is 1280. The minimum absolute atomic E-state index is 0.108. The second-order valence-electron chi connectivity index (χ2n) is 7.65. The SMILES string of the molecule is CCOc1ccc(-n2c(SCC(=O)Nc3c(C)cccc3C)nnc2-c2ccccc2Cl)cc1. The number of aryl methyl sites for hydroxylation is 2. The molecule has 4 aromatic rings. The van der Waals surface area contributed by atoms with Crippen LogP contribution in [-0.2, 0) is 4.79 Å². The van der Waals surface area contributed by atoms with E-state index in [1.807, 2.05) is 92.1 Å². The van der Waals surface area contributed by atoms with E-state index < -0.39 is 0 Å². The van der Waals surface area contributed by atoms with E-state index >= 15 is 0 Å². The summed E-state index contributed by atoms with van der Waals surface area (Å²) >= 11 is 7.79. The Kier molecular flexibility index (Phi) is 7.55. The Morgan fingerprint density at radius 1 is 1.00 bits per heavy atom. The molecular weight excluding hydrogens is 468 g/mol. The van der Waals surface area contributed by atoms with Crippen LogP contribution in [0.4, 0.5) is 5.69 Å². The minimum Gasteiger partial charge on any atom is -0.494 e. The number of halogens is 1. The highest BCUT2D eigenvalue weighted by molar-refractivity contribution is 7.99. The minimum atomic E-state index is -0.108. The van der Waals surface area contributed by atoms with E-state index in [0.717, 1.165) is 33.8 Å². The van der Waals surface area contributed by atoms with Gasteiger partial charge in [-0.3, -0.25) is 9.36 Å². The van der Waals surface area contributed by atoms with Crippen molar-refractivity contribution in [3.8, 4) is 22.8 Å². The van der Waals surface area contributed by atoms with Gasteiger partial charge in [-0.1, -0.05) is 53.7 Å². The van der Waals surface area contributed by atoms with Crippen molar-refractivity contribution in [3.05, 3.63) is 82.9 Å². The molecule has 0 saturated heterocycles. The first-order chi connectivity index (χ1) is 16.5. The predicted octanol–water partition coefficient (Wildman–Crippen LogP) is 6.33. The summed E-state index contributed by atoms with van der Waals surface area (Å²) in [6.07, 6.45) is 0. The zero-order chi connectivity index (χ0) is 24.1. The summed E-state index contributed by atoms with van der Waals surface area (Å²) in [5, 5.41) is 13.0. The molecule has 0 bridgehead atoms. The molecule has 0 saturated carbocycles. The first-order valence-corrected chi connectivity index (χ1v) is 12.3. The molecule has 0 aliphatic carbocycles. The average molecular weight is 493 g/mol. The van der Waals surface area contributed by atoms with E-state index in [1.165, 1.54) is 11.8 Å². The van der Waals surface area contributed by atoms with Gasteiger partial charge >= 0.3 is 0 Å². The Morgan fingerprint density at radius 2 is 1.71 bits per heavy atom. The van der Waals surface area contributed by atoms with E-state index in [-0.39, 0.29) is 11.7 Å². The lowest BCUT2D eigenvalue weighted by Gasteiger charge is -2.13. The van der Waals surface area contributed by atoms with Crippen molar-refractivity contribution in [2.45, 2.75) is 25.9 Å². The van der Waals surface area contributed by atoms with Crippen LogP contribution < -0.4 is 10.1 Å². The summed E-state index contributed by atoms with van der Waals surface area (Å²) in [5.41, 5.74) is 4.50. The second-order valence-corrected chi connectivity index (χ2v) is 9.00. The number of carbonyl (C=O) groups excluding carboxylic acids is 1. The van der Waals surface area contributed by atoms with Crippen LogP contribution >= 0.6 is 23.4 Å². The normalized spacial score (nSPS) is 10.8. The number of thioether (sulfide) groups is 1. The first kappa shape index (κ1) is 23.9. The number of amides is 1. The molecular formula is C26H25ClN4O2S. The molecule has 34 heavy (non-hydrogen) atoms. The highest BCUT2D eigenvalue weighted by atomic mass is 35.5. The maximum Gasteiger partial charge on any atom is 0.234 e. The highest BCUT2D eigenvalue weighted by Gasteiger charge is 2.19. The van der Waals surface area contributed by atoms with Crippen molar-refractivity contribution in [3.63, 3.8) is 0 Å². The van der Waals surface area contributed by atoms with Gasteiger partial charge in [-0.2, -0.15) is 0 Å². The lowest BCUT2D eigenvalue weighted by Crippen LogP contribution is -2.16. The molecule has 0 aliphatic heterocycles. The van der Waals surface area contributed by atoms with Gasteiger partial charge in [0.05, 0.1) is 17.4 Å². The average Bonchev–Trinajstić information content (AvgIpc) is 3.25. The Labute approximate surface area is 208 Å². The van der Waals surface area contributed by atoms with Crippen molar-refractivity contribution < 1.29 is 9.53 Å². The number of benzene rings is 3. The van der Waals surface area contributed by atoms with Gasteiger partial charge in [0, 0.05) is 16.9 Å². The number of hydrogen-bond acceptors (Lipinski definition) is 5. The van der Waals surface area contributed by atoms with Gasteiger partial charge in [0.2, 0.25) is 5.91 Å². The number of rotatable bonds is 8. The zero-order valence-corrected chi connectivity index (χ0v) is 20.8. The van der Waals surface area contributed by atoms with Crippen molar-refractivity contribution in [2.75, 3.05) is 17.7 Å². The number of carbonyl (C=O) groups is 1. The van der Waals surface area contributed by atoms with Crippen molar-refractivity contribution in [1.29, 1.82) is 0 Å². The molecule has 8 heteroatoms. The molecule has 0 atom stereocenters. The molecule has 0 spiro atoms. The predicted molar refractivity (Wildman–Crippen MR) is 138 cm³/mol. The second kappa shape index (κ2) is 10.8. The van der Waals surface area contributed by atoms with Crippen molar-refractivity contribution >= 4 is 35.0 Å². The molecule has 3 aromatic carbocycles. The van der Waals surface area contributed by atoms with E-state index in [0.29, 0.717) is 22.6 Å². The van der Waals surface area contributed by atoms with Crippen LogP contribution in [0.3, 0.4) is 0 Å². The summed E-state index contributed by atoms with van der Waals surface area (Å²) in [6, 6.07) is 21.1. The van der Waals surface area contributed by atoms with Gasteiger partial charge in [0.15, 0.2) is 11.0 Å². The third kappa shape index (κ3) is 5.26. The molecule has 1 amide bonds. The number of hydrogen-bond donors (Lipinski definition) is 1. The summed E-state index contributed by atoms with van der Waals surface area (Å²) in [5.74, 6) is 1.46. The van der Waals surface area contributed by atoms with Gasteiger partial charge < -0.3 is 10.1 Å². The highest BCUT2D eigenvalue weighted by Crippen LogP contribution is 2.32. The van der Waals surface area contributed by atoms with Crippen LogP contribution in [0.15, 0.2) is 71.9 Å². The maximum absolute atomic E-state index is 12.8. The Balaban J connectivity index is 1.63. The van der Waals surface area contributed by atoms with Crippen LogP contribution in [0.5, 0.6) is 5.75 Å². The van der Waals surface area contributed by atoms with Gasteiger partial charge in [-0.05, 0) is 68.3 Å². The summed E-state index contributed by atoms with van der Waals surface area (Å²) in [6.45, 7) is 6.50. The molecule has 0 aliphatic rings. The summed E-state index contributed by atoms with van der Waals surface area (Å²) in [7, 11) is 0. The number of para-hydroxylation sites is 1. The van der Waals surface area contributed by atoms with E-state index in [2.05, 4.69) is 15.5 Å². The summed E-state index contributed by atoms with van der Waals surface area (Å²) < 4.78 is 7.49. The number of nitrogens with one attached hydrogen (secondary N) is 1. The lowest BCUT2D eigenvalue weighted by atomic mass is 10.1. The Hall–Kier alpha value is -3.29. The van der Waals surface area contributed by atoms with Crippen LogP contribution in [0, 0.1) is 13.8 Å². The molecule has 0 unspecified atom stereocenters. The third-order valence-corrected chi connectivity index (χ3v) is 6.49. The molecule has 1 N–H and O–H groups in total. The summed E-state index contributed by atoms with van der Waals surface area (Å²) in [4.78, 5) is 12.8. The van der Waals surface area contributed by atoms with E-state index in [4.69, 9.17) is 16.3 Å². The molecule has 6 nitrogen and oxygen atoms in total. The van der Waals surface area contributed by atoms with Crippen molar-refractivity contribution in [2.24, 2.45) is 0 Å². The quantitative estimate of drug-likeness (QED) is 0.291. The van der Waals surface area contributed by atoms with Gasteiger partial charge in [-0.25, -0.2) is 0 Å². The molecule has 0 fully saturated rings. The fraction of sp³-hybridized carbons (Fsp3) is 0.192. The topological polar surface area (TPSA) is 69.0 Å². The van der Waals surface area contributed by atoms with Crippen LogP contribution in [-0.4, -0.2) is 33.0 Å². The van der Waals surface area contributed by atoms with Gasteiger partial charge in [0.25, 0.3) is 0 Å². The molecule has 174 valence electrons. The molecule has 4 rings (SSSR count). The van der Waals surface area contributed by atoms with Crippen molar-refractivity contribution in [1.82, 2.24) is 14.8 Å². The fourth-order valence-corrected chi connectivity index (χ4v) is 4.56. The number of aromatic nitrogens is 3. The van der Waals surface area contributed by atoms with Crippen LogP contribution in [0.25, 0.3) is 17.1 Å². The standard InChI is InChI=1S/C26H25ClN4O2S/c1-4-33-20-14-12-19(13-15-20)31-25(21-10-5-6-11-22(21)27)29-30-26(31)34-16-23(32)28-24-17(2)8-7-9-18(24)3/h5-15H,4,16H2,1-3H3,(H,28,32). The first-order valence-electron chi connectivity index (χ1n) is 10.9. The van der Waals surface area contributed by atoms with Crippen LogP contribution in [0.2, 0.25) is 5.02 Å². The zero-order valence-electron chi connectivity index (χ0n) is 19.2. The molecule has 0 radical (unpaired) electrons. The number of ether oxygens (including phenoxy) is 1. The third-order valence-electron chi connectivity index (χ3n) is 5.23. The van der Waals surface area contributed by atoms with Crippen LogP contribution in [0.1, 0.15) is 18.1 Å². The Morgan fingerprint density at radius 3 is 2.38 bits per heavy atom. The molecule has 1 aromatic heterocycles. The lowest BCUT2D eigenvalue weighted by molar-refractivity contribution is -0.113. The van der Waals surface area contributed by atoms with E-state index in [1.54, 1.807) is 0 Å². The smallest absolute Gasteiger partial charge is 0.234 e. The fourth-order valence-electron chi connectivity index (χ4n) is 3.59. The monoisotopic (exact) mass is 492 g/mol.